The fourth-order valence-corrected chi connectivity index (χ4v) is 3.26. The van der Waals surface area contributed by atoms with Crippen molar-refractivity contribution in [1.29, 1.82) is 0 Å². The fourth-order valence-electron chi connectivity index (χ4n) is 3.26. The number of benzene rings is 1. The Labute approximate surface area is 116 Å². The molecular weight excluding hydrogens is 234 g/mol. The second kappa shape index (κ2) is 6.74. The molecule has 0 radical (unpaired) electrons. The number of hydrogen-bond acceptors (Lipinski definition) is 1. The topological polar surface area (TPSA) is 29.1 Å². The molecule has 0 bridgehead atoms. The van der Waals surface area contributed by atoms with Gasteiger partial charge in [-0.25, -0.2) is 0 Å². The van der Waals surface area contributed by atoms with Crippen LogP contribution in [-0.2, 0) is 4.79 Å². The molecule has 1 aliphatic carbocycles. The first kappa shape index (κ1) is 14.1. The standard InChI is InChI=1S/C17H25NO/c1-3-13-11-8-12-16(13)18-17(19)15(4-2)14-9-6-5-7-10-14/h5-7,9-10,13,15-16H,3-4,8,11-12H2,1-2H3,(H,18,19). The minimum Gasteiger partial charge on any atom is -0.353 e. The second-order valence-electron chi connectivity index (χ2n) is 5.59. The van der Waals surface area contributed by atoms with Crippen molar-refractivity contribution in [3.05, 3.63) is 35.9 Å². The quantitative estimate of drug-likeness (QED) is 0.854. The molecule has 1 amide bonds. The van der Waals surface area contributed by atoms with E-state index in [1.165, 1.54) is 19.3 Å². The van der Waals surface area contributed by atoms with Gasteiger partial charge in [-0.15, -0.1) is 0 Å². The number of amides is 1. The lowest BCUT2D eigenvalue weighted by Crippen LogP contribution is -2.39. The number of carbonyl (C=O) groups excluding carboxylic acids is 1. The molecular formula is C17H25NO. The van der Waals surface area contributed by atoms with Crippen LogP contribution in [0.5, 0.6) is 0 Å². The summed E-state index contributed by atoms with van der Waals surface area (Å²) < 4.78 is 0. The van der Waals surface area contributed by atoms with Gasteiger partial charge < -0.3 is 5.32 Å². The molecule has 0 aliphatic heterocycles. The Balaban J connectivity index is 2.01. The van der Waals surface area contributed by atoms with Crippen molar-refractivity contribution in [2.45, 2.75) is 57.9 Å². The van der Waals surface area contributed by atoms with Crippen molar-refractivity contribution in [3.63, 3.8) is 0 Å². The van der Waals surface area contributed by atoms with E-state index in [0.717, 1.165) is 18.4 Å². The summed E-state index contributed by atoms with van der Waals surface area (Å²) in [4.78, 5) is 12.5. The molecule has 0 heterocycles. The maximum absolute atomic E-state index is 12.5. The van der Waals surface area contributed by atoms with E-state index < -0.39 is 0 Å². The van der Waals surface area contributed by atoms with Crippen LogP contribution in [0.2, 0.25) is 0 Å². The first-order valence-corrected chi connectivity index (χ1v) is 7.61. The van der Waals surface area contributed by atoms with E-state index in [4.69, 9.17) is 0 Å². The summed E-state index contributed by atoms with van der Waals surface area (Å²) in [6.45, 7) is 4.31. The third-order valence-electron chi connectivity index (χ3n) is 4.44. The smallest absolute Gasteiger partial charge is 0.227 e. The van der Waals surface area contributed by atoms with Gasteiger partial charge >= 0.3 is 0 Å². The second-order valence-corrected chi connectivity index (χ2v) is 5.59. The van der Waals surface area contributed by atoms with Crippen molar-refractivity contribution >= 4 is 5.91 Å². The number of carbonyl (C=O) groups is 1. The van der Waals surface area contributed by atoms with Gasteiger partial charge in [0.25, 0.3) is 0 Å². The summed E-state index contributed by atoms with van der Waals surface area (Å²) in [6.07, 6.45) is 5.71. The Hall–Kier alpha value is -1.31. The largest absolute Gasteiger partial charge is 0.353 e. The lowest BCUT2D eigenvalue weighted by Gasteiger charge is -2.23. The summed E-state index contributed by atoms with van der Waals surface area (Å²) in [6, 6.07) is 10.5. The third-order valence-corrected chi connectivity index (χ3v) is 4.44. The predicted octanol–water partition coefficient (Wildman–Crippen LogP) is 3.88. The molecule has 3 unspecified atom stereocenters. The van der Waals surface area contributed by atoms with Crippen molar-refractivity contribution in [3.8, 4) is 0 Å². The minimum absolute atomic E-state index is 0.000642. The molecule has 104 valence electrons. The normalized spacial score (nSPS) is 24.1. The van der Waals surface area contributed by atoms with Crippen LogP contribution in [0.4, 0.5) is 0 Å². The molecule has 2 rings (SSSR count). The van der Waals surface area contributed by atoms with Crippen molar-refractivity contribution in [2.24, 2.45) is 5.92 Å². The van der Waals surface area contributed by atoms with Crippen LogP contribution < -0.4 is 5.32 Å². The van der Waals surface area contributed by atoms with Crippen molar-refractivity contribution in [1.82, 2.24) is 5.32 Å². The van der Waals surface area contributed by atoms with Crippen molar-refractivity contribution in [2.75, 3.05) is 0 Å². The Morgan fingerprint density at radius 3 is 2.63 bits per heavy atom. The summed E-state index contributed by atoms with van der Waals surface area (Å²) in [7, 11) is 0. The van der Waals surface area contributed by atoms with Crippen LogP contribution in [-0.4, -0.2) is 11.9 Å². The number of hydrogen-bond donors (Lipinski definition) is 1. The van der Waals surface area contributed by atoms with Gasteiger partial charge in [-0.3, -0.25) is 4.79 Å². The van der Waals surface area contributed by atoms with Gasteiger partial charge in [0.2, 0.25) is 5.91 Å². The average molecular weight is 259 g/mol. The molecule has 19 heavy (non-hydrogen) atoms. The molecule has 0 spiro atoms. The highest BCUT2D eigenvalue weighted by molar-refractivity contribution is 5.83. The Kier molecular flexibility index (Phi) is 5.00. The molecule has 1 N–H and O–H groups in total. The van der Waals surface area contributed by atoms with E-state index in [-0.39, 0.29) is 11.8 Å². The van der Waals surface area contributed by atoms with Crippen LogP contribution in [0, 0.1) is 5.92 Å². The van der Waals surface area contributed by atoms with Gasteiger partial charge in [0.05, 0.1) is 5.92 Å². The summed E-state index contributed by atoms with van der Waals surface area (Å²) in [5, 5.41) is 3.29. The summed E-state index contributed by atoms with van der Waals surface area (Å²) in [5.74, 6) is 0.885. The zero-order valence-electron chi connectivity index (χ0n) is 12.1. The maximum Gasteiger partial charge on any atom is 0.227 e. The summed E-state index contributed by atoms with van der Waals surface area (Å²) >= 11 is 0. The Morgan fingerprint density at radius 1 is 1.26 bits per heavy atom. The molecule has 1 aromatic carbocycles. The number of nitrogens with one attached hydrogen (secondary N) is 1. The van der Waals surface area contributed by atoms with E-state index in [2.05, 4.69) is 31.3 Å². The highest BCUT2D eigenvalue weighted by Crippen LogP contribution is 2.29. The van der Waals surface area contributed by atoms with Crippen LogP contribution in [0.15, 0.2) is 30.3 Å². The predicted molar refractivity (Wildman–Crippen MR) is 79.0 cm³/mol. The molecule has 2 heteroatoms. The Morgan fingerprint density at radius 2 is 2.00 bits per heavy atom. The van der Waals surface area contributed by atoms with E-state index in [1.807, 2.05) is 18.2 Å². The molecule has 1 aromatic rings. The van der Waals surface area contributed by atoms with E-state index >= 15 is 0 Å². The van der Waals surface area contributed by atoms with Gasteiger partial charge in [0.15, 0.2) is 0 Å². The SMILES string of the molecule is CCC(C(=O)NC1CCCC1CC)c1ccccc1. The fraction of sp³-hybridized carbons (Fsp3) is 0.588. The van der Waals surface area contributed by atoms with Crippen LogP contribution in [0.1, 0.15) is 57.4 Å². The highest BCUT2D eigenvalue weighted by Gasteiger charge is 2.29. The van der Waals surface area contributed by atoms with Gasteiger partial charge in [0, 0.05) is 6.04 Å². The number of rotatable bonds is 5. The highest BCUT2D eigenvalue weighted by atomic mass is 16.1. The average Bonchev–Trinajstić information content (AvgIpc) is 2.88. The summed E-state index contributed by atoms with van der Waals surface area (Å²) in [5.41, 5.74) is 1.13. The van der Waals surface area contributed by atoms with E-state index in [1.54, 1.807) is 0 Å². The van der Waals surface area contributed by atoms with Crippen LogP contribution in [0.3, 0.4) is 0 Å². The molecule has 3 atom stereocenters. The lowest BCUT2D eigenvalue weighted by molar-refractivity contribution is -0.123. The van der Waals surface area contributed by atoms with Gasteiger partial charge in [0.1, 0.15) is 0 Å². The van der Waals surface area contributed by atoms with Gasteiger partial charge in [-0.1, -0.05) is 57.0 Å². The minimum atomic E-state index is -0.000642. The van der Waals surface area contributed by atoms with Crippen molar-refractivity contribution < 1.29 is 4.79 Å². The zero-order valence-corrected chi connectivity index (χ0v) is 12.1. The molecule has 1 aliphatic rings. The molecule has 0 aromatic heterocycles. The molecule has 1 saturated carbocycles. The van der Waals surface area contributed by atoms with Gasteiger partial charge in [-0.05, 0) is 30.7 Å². The maximum atomic E-state index is 12.5. The zero-order chi connectivity index (χ0) is 13.7. The first-order valence-electron chi connectivity index (χ1n) is 7.61. The van der Waals surface area contributed by atoms with E-state index in [0.29, 0.717) is 12.0 Å². The van der Waals surface area contributed by atoms with E-state index in [9.17, 15) is 4.79 Å². The molecule has 1 fully saturated rings. The first-order chi connectivity index (χ1) is 9.26. The Bertz CT molecular complexity index is 401. The third kappa shape index (κ3) is 3.37. The van der Waals surface area contributed by atoms with Crippen LogP contribution in [0.25, 0.3) is 0 Å². The molecule has 0 saturated heterocycles. The molecule has 2 nitrogen and oxygen atoms in total. The van der Waals surface area contributed by atoms with Crippen LogP contribution >= 0.6 is 0 Å². The van der Waals surface area contributed by atoms with Gasteiger partial charge in [-0.2, -0.15) is 0 Å². The lowest BCUT2D eigenvalue weighted by atomic mass is 9.94. The monoisotopic (exact) mass is 259 g/mol.